The van der Waals surface area contributed by atoms with E-state index in [-0.39, 0.29) is 12.2 Å². The molecule has 1 aromatic heterocycles. The number of aromatic nitrogens is 2. The Morgan fingerprint density at radius 2 is 1.78 bits per heavy atom. The van der Waals surface area contributed by atoms with E-state index in [9.17, 15) is 4.79 Å². The molecule has 0 fully saturated rings. The number of aliphatic hydroxyl groups excluding tert-OH is 1. The molecule has 0 bridgehead atoms. The predicted octanol–water partition coefficient (Wildman–Crippen LogP) is 2.52. The molecule has 0 aliphatic carbocycles. The predicted molar refractivity (Wildman–Crippen MR) is 91.4 cm³/mol. The Morgan fingerprint density at radius 1 is 1.09 bits per heavy atom. The van der Waals surface area contributed by atoms with Crippen LogP contribution >= 0.6 is 0 Å². The smallest absolute Gasteiger partial charge is 0.293 e. The number of nitrogens with one attached hydrogen (secondary N) is 1. The van der Waals surface area contributed by atoms with Gasteiger partial charge in [0, 0.05) is 13.1 Å². The van der Waals surface area contributed by atoms with Gasteiger partial charge in [-0.2, -0.15) is 0 Å². The lowest BCUT2D eigenvalue weighted by Crippen LogP contribution is -2.24. The van der Waals surface area contributed by atoms with Gasteiger partial charge >= 0.3 is 0 Å². The van der Waals surface area contributed by atoms with E-state index in [1.807, 2.05) is 55.5 Å². The summed E-state index contributed by atoms with van der Waals surface area (Å²) in [5.74, 6) is 0.358. The number of nitrogens with zero attached hydrogens (tertiary/aromatic N) is 2. The number of para-hydroxylation sites is 2. The molecule has 5 nitrogen and oxygen atoms in total. The van der Waals surface area contributed by atoms with E-state index < -0.39 is 0 Å². The number of anilines is 1. The molecule has 23 heavy (non-hydrogen) atoms. The van der Waals surface area contributed by atoms with E-state index in [4.69, 9.17) is 5.11 Å². The van der Waals surface area contributed by atoms with Crippen LogP contribution in [0.2, 0.25) is 0 Å². The van der Waals surface area contributed by atoms with Gasteiger partial charge in [0.05, 0.1) is 17.6 Å². The van der Waals surface area contributed by atoms with Gasteiger partial charge in [0.2, 0.25) is 0 Å². The van der Waals surface area contributed by atoms with Crippen LogP contribution in [0.3, 0.4) is 0 Å². The van der Waals surface area contributed by atoms with Crippen LogP contribution < -0.4 is 10.9 Å². The van der Waals surface area contributed by atoms with E-state index >= 15 is 0 Å². The molecule has 3 rings (SSSR count). The van der Waals surface area contributed by atoms with Crippen LogP contribution in [0.15, 0.2) is 53.3 Å². The normalized spacial score (nSPS) is 10.9. The van der Waals surface area contributed by atoms with Crippen molar-refractivity contribution in [2.75, 3.05) is 5.32 Å². The average Bonchev–Trinajstić information content (AvgIpc) is 2.60. The highest BCUT2D eigenvalue weighted by Gasteiger charge is 2.09. The van der Waals surface area contributed by atoms with Crippen LogP contribution in [-0.2, 0) is 19.7 Å². The van der Waals surface area contributed by atoms with Gasteiger partial charge in [0.25, 0.3) is 5.56 Å². The van der Waals surface area contributed by atoms with E-state index in [2.05, 4.69) is 10.3 Å². The molecule has 0 atom stereocenters. The van der Waals surface area contributed by atoms with Gasteiger partial charge in [-0.25, -0.2) is 4.98 Å². The molecule has 2 aromatic carbocycles. The number of benzene rings is 2. The summed E-state index contributed by atoms with van der Waals surface area (Å²) in [6.07, 6.45) is 0. The zero-order chi connectivity index (χ0) is 16.2. The van der Waals surface area contributed by atoms with Crippen molar-refractivity contribution in [3.8, 4) is 0 Å². The van der Waals surface area contributed by atoms with Gasteiger partial charge in [0.1, 0.15) is 0 Å². The molecule has 0 aliphatic rings. The van der Waals surface area contributed by atoms with Crippen molar-refractivity contribution in [2.24, 2.45) is 0 Å². The zero-order valence-electron chi connectivity index (χ0n) is 13.0. The third kappa shape index (κ3) is 3.10. The Morgan fingerprint density at radius 3 is 2.48 bits per heavy atom. The fourth-order valence-corrected chi connectivity index (χ4v) is 2.57. The minimum absolute atomic E-state index is 0.0289. The third-order valence-electron chi connectivity index (χ3n) is 3.83. The number of aryl methyl sites for hydroxylation is 1. The van der Waals surface area contributed by atoms with Crippen molar-refractivity contribution in [2.45, 2.75) is 26.6 Å². The van der Waals surface area contributed by atoms with E-state index in [1.165, 1.54) is 0 Å². The SMILES string of the molecule is CCn1c(=O)c(NCc2ccc(CO)cc2)nc2ccccc21. The Hall–Kier alpha value is -2.66. The van der Waals surface area contributed by atoms with Crippen LogP contribution in [-0.4, -0.2) is 14.7 Å². The van der Waals surface area contributed by atoms with Gasteiger partial charge in [-0.05, 0) is 30.2 Å². The standard InChI is InChI=1S/C18H19N3O2/c1-2-21-16-6-4-3-5-15(16)20-17(18(21)23)19-11-13-7-9-14(12-22)10-8-13/h3-10,22H,2,11-12H2,1H3,(H,19,20). The Kier molecular flexibility index (Phi) is 4.39. The fraction of sp³-hybridized carbons (Fsp3) is 0.222. The second kappa shape index (κ2) is 6.62. The van der Waals surface area contributed by atoms with Crippen LogP contribution in [0.25, 0.3) is 11.0 Å². The highest BCUT2D eigenvalue weighted by atomic mass is 16.3. The Bertz CT molecular complexity index is 870. The highest BCUT2D eigenvalue weighted by Crippen LogP contribution is 2.12. The average molecular weight is 309 g/mol. The van der Waals surface area contributed by atoms with Crippen LogP contribution in [0.4, 0.5) is 5.82 Å². The third-order valence-corrected chi connectivity index (χ3v) is 3.83. The number of fused-ring (bicyclic) bond motifs is 1. The minimum atomic E-state index is -0.113. The molecule has 0 saturated heterocycles. The topological polar surface area (TPSA) is 67.2 Å². The van der Waals surface area contributed by atoms with E-state index in [0.717, 1.165) is 22.2 Å². The summed E-state index contributed by atoms with van der Waals surface area (Å²) in [6, 6.07) is 15.2. The summed E-state index contributed by atoms with van der Waals surface area (Å²) in [5.41, 5.74) is 3.42. The van der Waals surface area contributed by atoms with E-state index in [1.54, 1.807) is 4.57 Å². The van der Waals surface area contributed by atoms with Crippen LogP contribution in [0.5, 0.6) is 0 Å². The molecule has 0 amide bonds. The molecule has 0 saturated carbocycles. The first-order valence-corrected chi connectivity index (χ1v) is 7.65. The number of aliphatic hydroxyl groups is 1. The summed E-state index contributed by atoms with van der Waals surface area (Å²) in [6.45, 7) is 3.09. The molecule has 1 heterocycles. The quantitative estimate of drug-likeness (QED) is 0.760. The van der Waals surface area contributed by atoms with Crippen molar-refractivity contribution in [3.05, 3.63) is 70.0 Å². The van der Waals surface area contributed by atoms with Gasteiger partial charge < -0.3 is 15.0 Å². The summed E-state index contributed by atoms with van der Waals surface area (Å²) in [4.78, 5) is 17.0. The molecule has 3 aromatic rings. The van der Waals surface area contributed by atoms with Gasteiger partial charge in [-0.15, -0.1) is 0 Å². The second-order valence-electron chi connectivity index (χ2n) is 5.33. The van der Waals surface area contributed by atoms with Crippen molar-refractivity contribution >= 4 is 16.9 Å². The van der Waals surface area contributed by atoms with Crippen LogP contribution in [0.1, 0.15) is 18.1 Å². The molecule has 0 spiro atoms. The fourth-order valence-electron chi connectivity index (χ4n) is 2.57. The number of rotatable bonds is 5. The molecule has 5 heteroatoms. The summed E-state index contributed by atoms with van der Waals surface area (Å²) in [5, 5.41) is 12.2. The molecule has 2 N–H and O–H groups in total. The largest absolute Gasteiger partial charge is 0.392 e. The Labute approximate surface area is 134 Å². The van der Waals surface area contributed by atoms with E-state index in [0.29, 0.717) is 18.9 Å². The second-order valence-corrected chi connectivity index (χ2v) is 5.33. The van der Waals surface area contributed by atoms with Crippen molar-refractivity contribution < 1.29 is 5.11 Å². The van der Waals surface area contributed by atoms with Crippen molar-refractivity contribution in [1.29, 1.82) is 0 Å². The maximum atomic E-state index is 12.5. The monoisotopic (exact) mass is 309 g/mol. The maximum Gasteiger partial charge on any atom is 0.293 e. The minimum Gasteiger partial charge on any atom is -0.392 e. The Balaban J connectivity index is 1.90. The lowest BCUT2D eigenvalue weighted by Gasteiger charge is -2.11. The van der Waals surface area contributed by atoms with Crippen molar-refractivity contribution in [1.82, 2.24) is 9.55 Å². The first kappa shape index (κ1) is 15.2. The van der Waals surface area contributed by atoms with Crippen molar-refractivity contribution in [3.63, 3.8) is 0 Å². The molecule has 0 radical (unpaired) electrons. The molecule has 0 aliphatic heterocycles. The number of hydrogen-bond donors (Lipinski definition) is 2. The zero-order valence-corrected chi connectivity index (χ0v) is 13.0. The summed E-state index contributed by atoms with van der Waals surface area (Å²) >= 11 is 0. The van der Waals surface area contributed by atoms with Gasteiger partial charge in [0.15, 0.2) is 5.82 Å². The molecule has 118 valence electrons. The number of hydrogen-bond acceptors (Lipinski definition) is 4. The van der Waals surface area contributed by atoms with Gasteiger partial charge in [-0.3, -0.25) is 4.79 Å². The first-order chi connectivity index (χ1) is 11.2. The molecular formula is C18H19N3O2. The lowest BCUT2D eigenvalue weighted by atomic mass is 10.1. The first-order valence-electron chi connectivity index (χ1n) is 7.65. The molecule has 0 unspecified atom stereocenters. The van der Waals surface area contributed by atoms with Gasteiger partial charge in [-0.1, -0.05) is 36.4 Å². The maximum absolute atomic E-state index is 12.5. The van der Waals surface area contributed by atoms with Crippen LogP contribution in [0, 0.1) is 0 Å². The summed E-state index contributed by atoms with van der Waals surface area (Å²) < 4.78 is 1.72. The lowest BCUT2D eigenvalue weighted by molar-refractivity contribution is 0.282. The highest BCUT2D eigenvalue weighted by molar-refractivity contribution is 5.76. The summed E-state index contributed by atoms with van der Waals surface area (Å²) in [7, 11) is 0. The molecular weight excluding hydrogens is 290 g/mol.